The predicted molar refractivity (Wildman–Crippen MR) is 145 cm³/mol. The second-order valence-electron chi connectivity index (χ2n) is 11.9. The van der Waals surface area contributed by atoms with Gasteiger partial charge in [0.2, 0.25) is 11.7 Å². The number of nitrogens with one attached hydrogen (secondary N) is 1. The second-order valence-corrected chi connectivity index (χ2v) is 11.9. The number of rotatable bonds is 4. The molecule has 6 N–H and O–H groups in total. The molecule has 5 rings (SSSR count). The van der Waals surface area contributed by atoms with E-state index in [9.17, 15) is 34.5 Å². The van der Waals surface area contributed by atoms with Crippen LogP contribution in [0.3, 0.4) is 0 Å². The minimum absolute atomic E-state index is 0.0137. The van der Waals surface area contributed by atoms with Gasteiger partial charge in [0.15, 0.2) is 11.4 Å². The van der Waals surface area contributed by atoms with Crippen molar-refractivity contribution in [2.75, 3.05) is 26.5 Å². The third-order valence-corrected chi connectivity index (χ3v) is 9.39. The number of nitrogens with two attached hydrogens (primary N) is 1. The summed E-state index contributed by atoms with van der Waals surface area (Å²) in [7, 11) is 4.86. The quantitative estimate of drug-likeness (QED) is 0.335. The molecule has 0 spiro atoms. The Morgan fingerprint density at radius 3 is 2.51 bits per heavy atom. The molecule has 0 saturated carbocycles. The molecule has 1 heterocycles. The monoisotopic (exact) mass is 570 g/mol. The average Bonchev–Trinajstić information content (AvgIpc) is 3.01. The van der Waals surface area contributed by atoms with Crippen LogP contribution in [0.2, 0.25) is 0 Å². The van der Waals surface area contributed by atoms with Crippen LogP contribution >= 0.6 is 0 Å². The number of primary amides is 1. The lowest BCUT2D eigenvalue weighted by Crippen LogP contribution is -2.63. The molecule has 0 saturated heterocycles. The van der Waals surface area contributed by atoms with Crippen molar-refractivity contribution in [3.05, 3.63) is 51.2 Å². The summed E-state index contributed by atoms with van der Waals surface area (Å²) in [5.74, 6) is -7.88. The van der Waals surface area contributed by atoms with Crippen molar-refractivity contribution in [2.45, 2.75) is 57.3 Å². The van der Waals surface area contributed by atoms with Gasteiger partial charge in [0.05, 0.1) is 12.1 Å². The number of anilines is 1. The molecular formula is C29H35FN4O7. The van der Waals surface area contributed by atoms with E-state index in [0.717, 1.165) is 6.42 Å². The number of likely N-dealkylation sites (N-methyl/N-ethyl adjacent to an activating group) is 2. The molecule has 3 aliphatic carbocycles. The number of hydrogen-bond acceptors (Lipinski definition) is 9. The van der Waals surface area contributed by atoms with E-state index < -0.39 is 69.9 Å². The fourth-order valence-corrected chi connectivity index (χ4v) is 7.24. The molecule has 12 heteroatoms. The normalized spacial score (nSPS) is 30.8. The minimum Gasteiger partial charge on any atom is -0.510 e. The SMILES string of the molecule is CCC(C)[C@H]1C(=O)Nc2cc3c(c(F)c2CN1C)C[C@H]1C[C@H]2[C@H](N(C)C)C(O)=C(C(N)=O)C(=O)[C@@]2(O)C(O)=C1C3=O. The number of hydrogen-bond donors (Lipinski definition) is 5. The van der Waals surface area contributed by atoms with E-state index in [1.807, 2.05) is 13.8 Å². The Balaban J connectivity index is 1.65. The van der Waals surface area contributed by atoms with Crippen LogP contribution in [0.1, 0.15) is 48.2 Å². The molecule has 0 aromatic heterocycles. The Kier molecular flexibility index (Phi) is 6.87. The molecule has 0 fully saturated rings. The molecule has 0 bridgehead atoms. The maximum Gasteiger partial charge on any atom is 0.255 e. The van der Waals surface area contributed by atoms with Crippen LogP contribution in [0.25, 0.3) is 0 Å². The van der Waals surface area contributed by atoms with Crippen molar-refractivity contribution in [3.8, 4) is 0 Å². The largest absolute Gasteiger partial charge is 0.510 e. The highest BCUT2D eigenvalue weighted by atomic mass is 19.1. The van der Waals surface area contributed by atoms with Crippen molar-refractivity contribution in [3.63, 3.8) is 0 Å². The molecule has 4 aliphatic rings. The smallest absolute Gasteiger partial charge is 0.255 e. The zero-order valence-electron chi connectivity index (χ0n) is 23.6. The van der Waals surface area contributed by atoms with E-state index >= 15 is 4.39 Å². The highest BCUT2D eigenvalue weighted by Crippen LogP contribution is 2.52. The van der Waals surface area contributed by atoms with Crippen LogP contribution in [0.4, 0.5) is 10.1 Å². The number of halogens is 1. The number of carbonyl (C=O) groups is 4. The van der Waals surface area contributed by atoms with Crippen molar-refractivity contribution < 1.29 is 38.9 Å². The van der Waals surface area contributed by atoms with Crippen LogP contribution < -0.4 is 11.1 Å². The number of Topliss-reactive ketones (excluding diaryl/α,β-unsaturated/α-hetero) is 2. The average molecular weight is 571 g/mol. The van der Waals surface area contributed by atoms with Crippen molar-refractivity contribution in [2.24, 2.45) is 23.5 Å². The standard InChI is InChI=1S/C29H35FN4O7/c1-6-11(2)21-28(40)32-17-9-14-13(20(30)15(17)10-34(21)5)7-12-8-16-22(33(3)4)24(36)19(27(31)39)26(38)29(16,41)25(37)18(12)23(14)35/h9,11-12,16,21-22,36-37,41H,6-8,10H2,1-5H3,(H2,31,39)(H,32,40)/t11?,12-,16-,21-,22-,29-/m0/s1. The summed E-state index contributed by atoms with van der Waals surface area (Å²) >= 11 is 0. The van der Waals surface area contributed by atoms with Crippen molar-refractivity contribution in [1.82, 2.24) is 9.80 Å². The lowest BCUT2D eigenvalue weighted by atomic mass is 9.58. The number of benzene rings is 1. The van der Waals surface area contributed by atoms with Crippen LogP contribution in [-0.4, -0.2) is 87.3 Å². The van der Waals surface area contributed by atoms with Gasteiger partial charge in [-0.2, -0.15) is 0 Å². The molecule has 1 aromatic carbocycles. The summed E-state index contributed by atoms with van der Waals surface area (Å²) < 4.78 is 16.2. The van der Waals surface area contributed by atoms with E-state index in [4.69, 9.17) is 5.73 Å². The van der Waals surface area contributed by atoms with E-state index in [1.165, 1.54) is 11.0 Å². The molecular weight excluding hydrogens is 535 g/mol. The zero-order valence-corrected chi connectivity index (χ0v) is 23.6. The molecule has 2 amide bonds. The maximum absolute atomic E-state index is 16.2. The Hall–Kier alpha value is -3.61. The van der Waals surface area contributed by atoms with E-state index in [2.05, 4.69) is 5.32 Å². The molecule has 6 atom stereocenters. The first-order chi connectivity index (χ1) is 19.2. The van der Waals surface area contributed by atoms with Crippen LogP contribution in [-0.2, 0) is 27.3 Å². The summed E-state index contributed by atoms with van der Waals surface area (Å²) in [4.78, 5) is 55.8. The van der Waals surface area contributed by atoms with Crippen LogP contribution in [0, 0.1) is 23.6 Å². The maximum atomic E-state index is 16.2. The predicted octanol–water partition coefficient (Wildman–Crippen LogP) is 1.35. The fourth-order valence-electron chi connectivity index (χ4n) is 7.24. The number of allylic oxidation sites excluding steroid dienone is 1. The molecule has 41 heavy (non-hydrogen) atoms. The number of aliphatic hydroxyl groups is 3. The van der Waals surface area contributed by atoms with Crippen molar-refractivity contribution in [1.29, 1.82) is 0 Å². The van der Waals surface area contributed by atoms with Gasteiger partial charge in [0.25, 0.3) is 5.91 Å². The molecule has 11 nitrogen and oxygen atoms in total. The summed E-state index contributed by atoms with van der Waals surface area (Å²) in [6, 6.07) is -0.224. The molecule has 1 aromatic rings. The number of nitrogens with zero attached hydrogens (tertiary/aromatic N) is 2. The first kappa shape index (κ1) is 28.9. The van der Waals surface area contributed by atoms with Gasteiger partial charge in [-0.25, -0.2) is 4.39 Å². The topological polar surface area (TPSA) is 173 Å². The number of aliphatic hydroxyl groups excluding tert-OH is 2. The van der Waals surface area contributed by atoms with Gasteiger partial charge < -0.3 is 26.4 Å². The van der Waals surface area contributed by atoms with Gasteiger partial charge in [0.1, 0.15) is 22.9 Å². The first-order valence-corrected chi connectivity index (χ1v) is 13.7. The molecule has 0 radical (unpaired) electrons. The van der Waals surface area contributed by atoms with Gasteiger partial charge in [-0.3, -0.25) is 29.0 Å². The number of amides is 2. The summed E-state index contributed by atoms with van der Waals surface area (Å²) in [6.45, 7) is 4.02. The highest BCUT2D eigenvalue weighted by molar-refractivity contribution is 6.24. The Labute approximate surface area is 236 Å². The number of fused-ring (bicyclic) bond motifs is 4. The fraction of sp³-hybridized carbons (Fsp3) is 0.517. The minimum atomic E-state index is -2.71. The van der Waals surface area contributed by atoms with Gasteiger partial charge >= 0.3 is 0 Å². The number of carbonyl (C=O) groups excluding carboxylic acids is 4. The summed E-state index contributed by atoms with van der Waals surface area (Å²) in [5.41, 5.74) is 1.95. The second kappa shape index (κ2) is 9.74. The summed E-state index contributed by atoms with van der Waals surface area (Å²) in [6.07, 6.45) is 0.624. The zero-order chi connectivity index (χ0) is 30.3. The first-order valence-electron chi connectivity index (χ1n) is 13.7. The van der Waals surface area contributed by atoms with Crippen molar-refractivity contribution >= 4 is 29.1 Å². The molecule has 1 unspecified atom stereocenters. The Bertz CT molecular complexity index is 1470. The van der Waals surface area contributed by atoms with E-state index in [0.29, 0.717) is 0 Å². The van der Waals surface area contributed by atoms with Crippen LogP contribution in [0.15, 0.2) is 28.7 Å². The van der Waals surface area contributed by atoms with Gasteiger partial charge in [-0.05, 0) is 51.9 Å². The highest BCUT2D eigenvalue weighted by Gasteiger charge is 2.63. The van der Waals surface area contributed by atoms with Crippen LogP contribution in [0.5, 0.6) is 0 Å². The lowest BCUT2D eigenvalue weighted by Gasteiger charge is -2.50. The van der Waals surface area contributed by atoms with Gasteiger partial charge in [-0.15, -0.1) is 0 Å². The van der Waals surface area contributed by atoms with E-state index in [1.54, 1.807) is 26.0 Å². The molecule has 1 aliphatic heterocycles. The van der Waals surface area contributed by atoms with Gasteiger partial charge in [-0.1, -0.05) is 20.3 Å². The Morgan fingerprint density at radius 1 is 1.27 bits per heavy atom. The number of ketones is 2. The van der Waals surface area contributed by atoms with Gasteiger partial charge in [0, 0.05) is 40.4 Å². The summed E-state index contributed by atoms with van der Waals surface area (Å²) in [5, 5.41) is 36.7. The third-order valence-electron chi connectivity index (χ3n) is 9.39. The molecule has 220 valence electrons. The lowest BCUT2D eigenvalue weighted by molar-refractivity contribution is -0.148. The van der Waals surface area contributed by atoms with E-state index in [-0.39, 0.29) is 59.2 Å². The third kappa shape index (κ3) is 3.95. The Morgan fingerprint density at radius 2 is 1.93 bits per heavy atom.